The Kier molecular flexibility index (Phi) is 8.40. The third kappa shape index (κ3) is 6.82. The number of rotatable bonds is 9. The highest BCUT2D eigenvalue weighted by Gasteiger charge is 2.32. The minimum atomic E-state index is -3.84. The van der Waals surface area contributed by atoms with E-state index < -0.39 is 34.1 Å². The second-order valence-corrected chi connectivity index (χ2v) is 12.1. The van der Waals surface area contributed by atoms with Gasteiger partial charge in [-0.05, 0) is 64.4 Å². The van der Waals surface area contributed by atoms with E-state index in [1.807, 2.05) is 20.8 Å². The molecule has 1 unspecified atom stereocenters. The molecule has 3 rings (SSSR count). The van der Waals surface area contributed by atoms with Crippen LogP contribution in [0, 0.1) is 0 Å². The Labute approximate surface area is 217 Å². The molecule has 1 aliphatic rings. The zero-order chi connectivity index (χ0) is 26.7. The fourth-order valence-electron chi connectivity index (χ4n) is 3.60. The molecule has 0 saturated carbocycles. The van der Waals surface area contributed by atoms with E-state index in [1.54, 1.807) is 43.3 Å². The minimum absolute atomic E-state index is 0.0352. The maximum atomic E-state index is 13.7. The molecule has 2 aromatic carbocycles. The number of amides is 2. The lowest BCUT2D eigenvalue weighted by molar-refractivity contribution is -0.140. The van der Waals surface area contributed by atoms with E-state index in [9.17, 15) is 18.0 Å². The van der Waals surface area contributed by atoms with Crippen molar-refractivity contribution >= 4 is 39.1 Å². The number of ether oxygens (including phenoxy) is 2. The number of fused-ring (bicyclic) bond motifs is 1. The largest absolute Gasteiger partial charge is 0.454 e. The highest BCUT2D eigenvalue weighted by molar-refractivity contribution is 7.92. The SMILES string of the molecule is CCS(=O)(=O)N(CC(=O)N(Cc1ccc(Cl)cc1)C(C)C(=O)NC(C)(C)C)c1ccc2c(c1)OCO2. The maximum absolute atomic E-state index is 13.7. The molecule has 1 heterocycles. The standard InChI is InChI=1S/C25H32ClN3O6S/c1-6-36(32,33)29(20-11-12-21-22(13-20)35-16-34-21)15-23(30)28(14-18-7-9-19(26)10-8-18)17(2)24(31)27-25(3,4)5/h7-13,17H,6,14-16H2,1-5H3,(H,27,31). The van der Waals surface area contributed by atoms with Gasteiger partial charge in [0.15, 0.2) is 11.5 Å². The fraction of sp³-hybridized carbons (Fsp3) is 0.440. The molecule has 1 atom stereocenters. The molecular formula is C25H32ClN3O6S. The van der Waals surface area contributed by atoms with Gasteiger partial charge in [0.25, 0.3) is 0 Å². The first-order valence-electron chi connectivity index (χ1n) is 11.6. The number of anilines is 1. The van der Waals surface area contributed by atoms with Crippen LogP contribution >= 0.6 is 11.6 Å². The maximum Gasteiger partial charge on any atom is 0.244 e. The van der Waals surface area contributed by atoms with Crippen molar-refractivity contribution in [2.45, 2.75) is 52.7 Å². The van der Waals surface area contributed by atoms with Gasteiger partial charge in [0.2, 0.25) is 28.6 Å². The van der Waals surface area contributed by atoms with Crippen LogP contribution in [0.3, 0.4) is 0 Å². The summed E-state index contributed by atoms with van der Waals surface area (Å²) < 4.78 is 37.8. The van der Waals surface area contributed by atoms with E-state index in [0.29, 0.717) is 16.5 Å². The molecule has 0 spiro atoms. The van der Waals surface area contributed by atoms with Crippen molar-refractivity contribution in [1.82, 2.24) is 10.2 Å². The van der Waals surface area contributed by atoms with Crippen molar-refractivity contribution in [2.75, 3.05) is 23.4 Å². The summed E-state index contributed by atoms with van der Waals surface area (Å²) in [5, 5.41) is 3.43. The Bertz CT molecular complexity index is 1210. The number of hydrogen-bond donors (Lipinski definition) is 1. The van der Waals surface area contributed by atoms with Crippen LogP contribution in [-0.2, 0) is 26.2 Å². The van der Waals surface area contributed by atoms with Gasteiger partial charge in [-0.1, -0.05) is 23.7 Å². The van der Waals surface area contributed by atoms with E-state index in [0.717, 1.165) is 9.87 Å². The number of carbonyl (C=O) groups is 2. The van der Waals surface area contributed by atoms with Crippen molar-refractivity contribution in [1.29, 1.82) is 0 Å². The van der Waals surface area contributed by atoms with Gasteiger partial charge >= 0.3 is 0 Å². The average Bonchev–Trinajstić information content (AvgIpc) is 3.28. The normalized spacial score (nSPS) is 13.7. The summed E-state index contributed by atoms with van der Waals surface area (Å²) in [6, 6.07) is 10.7. The molecule has 0 fully saturated rings. The molecule has 1 aliphatic heterocycles. The van der Waals surface area contributed by atoms with Crippen molar-refractivity contribution < 1.29 is 27.5 Å². The molecule has 1 N–H and O–H groups in total. The molecule has 196 valence electrons. The molecule has 0 aromatic heterocycles. The van der Waals surface area contributed by atoms with Crippen LogP contribution in [0.15, 0.2) is 42.5 Å². The van der Waals surface area contributed by atoms with Gasteiger partial charge < -0.3 is 19.7 Å². The minimum Gasteiger partial charge on any atom is -0.454 e. The van der Waals surface area contributed by atoms with Gasteiger partial charge in [0.1, 0.15) is 12.6 Å². The monoisotopic (exact) mass is 537 g/mol. The van der Waals surface area contributed by atoms with Gasteiger partial charge in [-0.25, -0.2) is 8.42 Å². The molecular weight excluding hydrogens is 506 g/mol. The highest BCUT2D eigenvalue weighted by Crippen LogP contribution is 2.36. The van der Waals surface area contributed by atoms with Gasteiger partial charge in [0, 0.05) is 23.2 Å². The number of hydrogen-bond acceptors (Lipinski definition) is 6. The summed E-state index contributed by atoms with van der Waals surface area (Å²) in [7, 11) is -3.84. The summed E-state index contributed by atoms with van der Waals surface area (Å²) >= 11 is 6.00. The third-order valence-electron chi connectivity index (χ3n) is 5.56. The average molecular weight is 538 g/mol. The summed E-state index contributed by atoms with van der Waals surface area (Å²) in [5.74, 6) is -0.205. The molecule has 0 bridgehead atoms. The van der Waals surface area contributed by atoms with Crippen molar-refractivity contribution in [3.63, 3.8) is 0 Å². The predicted molar refractivity (Wildman–Crippen MR) is 139 cm³/mol. The molecule has 9 nitrogen and oxygen atoms in total. The zero-order valence-corrected chi connectivity index (χ0v) is 22.6. The molecule has 11 heteroatoms. The van der Waals surface area contributed by atoms with Gasteiger partial charge in [-0.15, -0.1) is 0 Å². The van der Waals surface area contributed by atoms with Crippen LogP contribution in [-0.4, -0.2) is 55.8 Å². The van der Waals surface area contributed by atoms with Crippen LogP contribution in [0.1, 0.15) is 40.2 Å². The fourth-order valence-corrected chi connectivity index (χ4v) is 4.78. The van der Waals surface area contributed by atoms with E-state index in [-0.39, 0.29) is 30.7 Å². The number of nitrogens with zero attached hydrogens (tertiary/aromatic N) is 2. The summed E-state index contributed by atoms with van der Waals surface area (Å²) in [6.07, 6.45) is 0. The molecule has 2 aromatic rings. The Morgan fingerprint density at radius 3 is 2.33 bits per heavy atom. The molecule has 0 radical (unpaired) electrons. The highest BCUT2D eigenvalue weighted by atomic mass is 35.5. The van der Waals surface area contributed by atoms with E-state index >= 15 is 0 Å². The van der Waals surface area contributed by atoms with Crippen LogP contribution < -0.4 is 19.1 Å². The summed E-state index contributed by atoms with van der Waals surface area (Å²) in [4.78, 5) is 28.0. The number of halogens is 1. The lowest BCUT2D eigenvalue weighted by atomic mass is 10.1. The quantitative estimate of drug-likeness (QED) is 0.524. The molecule has 2 amide bonds. The lowest BCUT2D eigenvalue weighted by Crippen LogP contribution is -2.54. The van der Waals surface area contributed by atoms with Crippen LogP contribution in [0.25, 0.3) is 0 Å². The van der Waals surface area contributed by atoms with E-state index in [4.69, 9.17) is 21.1 Å². The molecule has 0 saturated heterocycles. The lowest BCUT2D eigenvalue weighted by Gasteiger charge is -2.33. The first-order valence-corrected chi connectivity index (χ1v) is 13.6. The van der Waals surface area contributed by atoms with Gasteiger partial charge in [-0.3, -0.25) is 13.9 Å². The Balaban J connectivity index is 1.94. The predicted octanol–water partition coefficient (Wildman–Crippen LogP) is 3.56. The third-order valence-corrected chi connectivity index (χ3v) is 7.55. The number of benzene rings is 2. The second kappa shape index (κ2) is 11.0. The number of sulfonamides is 1. The Morgan fingerprint density at radius 2 is 1.72 bits per heavy atom. The van der Waals surface area contributed by atoms with Gasteiger partial charge in [0.05, 0.1) is 11.4 Å². The number of carbonyl (C=O) groups excluding carboxylic acids is 2. The summed E-state index contributed by atoms with van der Waals surface area (Å²) in [5.41, 5.74) is 0.508. The Hall–Kier alpha value is -2.98. The smallest absolute Gasteiger partial charge is 0.244 e. The van der Waals surface area contributed by atoms with Gasteiger partial charge in [-0.2, -0.15) is 0 Å². The van der Waals surface area contributed by atoms with Crippen molar-refractivity contribution in [3.05, 3.63) is 53.1 Å². The number of nitrogens with one attached hydrogen (secondary N) is 1. The topological polar surface area (TPSA) is 105 Å². The van der Waals surface area contributed by atoms with Crippen LogP contribution in [0.5, 0.6) is 11.5 Å². The zero-order valence-electron chi connectivity index (χ0n) is 21.1. The van der Waals surface area contributed by atoms with Crippen LogP contribution in [0.2, 0.25) is 5.02 Å². The summed E-state index contributed by atoms with van der Waals surface area (Å²) in [6.45, 7) is 8.30. The second-order valence-electron chi connectivity index (χ2n) is 9.51. The first-order chi connectivity index (χ1) is 16.8. The molecule has 0 aliphatic carbocycles. The van der Waals surface area contributed by atoms with E-state index in [1.165, 1.54) is 17.9 Å². The van der Waals surface area contributed by atoms with Crippen molar-refractivity contribution in [3.8, 4) is 11.5 Å². The van der Waals surface area contributed by atoms with Crippen molar-refractivity contribution in [2.24, 2.45) is 0 Å². The molecule has 36 heavy (non-hydrogen) atoms. The van der Waals surface area contributed by atoms with E-state index in [2.05, 4.69) is 5.32 Å². The first kappa shape index (κ1) is 27.6. The van der Waals surface area contributed by atoms with Crippen LogP contribution in [0.4, 0.5) is 5.69 Å². The Morgan fingerprint density at radius 1 is 1.08 bits per heavy atom.